The minimum Gasteiger partial charge on any atom is -0.487 e. The van der Waals surface area contributed by atoms with Crippen LogP contribution in [0.15, 0.2) is 48.8 Å². The van der Waals surface area contributed by atoms with Gasteiger partial charge in [0.15, 0.2) is 5.82 Å². The number of hydrogen-bond donors (Lipinski definition) is 1. The first-order valence-electron chi connectivity index (χ1n) is 7.85. The predicted octanol–water partition coefficient (Wildman–Crippen LogP) is 3.04. The summed E-state index contributed by atoms with van der Waals surface area (Å²) in [4.78, 5) is 18.8. The van der Waals surface area contributed by atoms with Crippen LogP contribution in [0.4, 0.5) is 10.1 Å². The van der Waals surface area contributed by atoms with Gasteiger partial charge in [0.25, 0.3) is 5.91 Å². The van der Waals surface area contributed by atoms with E-state index in [0.29, 0.717) is 29.4 Å². The molecule has 1 atom stereocenters. The van der Waals surface area contributed by atoms with Gasteiger partial charge in [0.1, 0.15) is 24.0 Å². The number of fused-ring (bicyclic) bond motifs is 1. The van der Waals surface area contributed by atoms with Gasteiger partial charge in [0.2, 0.25) is 0 Å². The van der Waals surface area contributed by atoms with Crippen molar-refractivity contribution in [3.05, 3.63) is 60.2 Å². The average Bonchev–Trinajstić information content (AvgIpc) is 3.15. The van der Waals surface area contributed by atoms with Crippen molar-refractivity contribution >= 4 is 11.6 Å². The quantitative estimate of drug-likeness (QED) is 0.780. The molecule has 0 radical (unpaired) electrons. The fourth-order valence-electron chi connectivity index (χ4n) is 2.91. The van der Waals surface area contributed by atoms with E-state index in [1.807, 2.05) is 13.0 Å². The summed E-state index contributed by atoms with van der Waals surface area (Å²) in [7, 11) is 0. The van der Waals surface area contributed by atoms with E-state index in [1.165, 1.54) is 18.5 Å². The molecule has 1 N–H and O–H groups in total. The fraction of sp³-hybridized carbons (Fsp3) is 0.167. The Balaban J connectivity index is 1.71. The monoisotopic (exact) mass is 338 g/mol. The molecule has 25 heavy (non-hydrogen) atoms. The molecule has 1 amide bonds. The standard InChI is InChI=1S/C18H15FN4O2/c1-11-9-23(15-6-5-14(19)8-16(15)25-11)18(24)13-4-2-3-12(7-13)17-20-10-21-22-17/h2-8,10-11H,9H2,1H3,(H,20,21,22)/t11-/m0/s1. The van der Waals surface area contributed by atoms with Crippen molar-refractivity contribution in [3.8, 4) is 17.1 Å². The van der Waals surface area contributed by atoms with E-state index in [9.17, 15) is 9.18 Å². The Hall–Kier alpha value is -3.22. The number of hydrogen-bond acceptors (Lipinski definition) is 4. The molecular formula is C18H15FN4O2. The molecule has 0 spiro atoms. The van der Waals surface area contributed by atoms with Crippen molar-refractivity contribution < 1.29 is 13.9 Å². The molecule has 0 saturated heterocycles. The second kappa shape index (κ2) is 6.01. The van der Waals surface area contributed by atoms with Gasteiger partial charge in [0.05, 0.1) is 12.2 Å². The first-order chi connectivity index (χ1) is 12.1. The molecule has 4 rings (SSSR count). The first kappa shape index (κ1) is 15.3. The Morgan fingerprint density at radius 2 is 2.20 bits per heavy atom. The highest BCUT2D eigenvalue weighted by Crippen LogP contribution is 2.35. The number of benzene rings is 2. The zero-order chi connectivity index (χ0) is 17.4. The highest BCUT2D eigenvalue weighted by molar-refractivity contribution is 6.07. The van der Waals surface area contributed by atoms with Gasteiger partial charge in [-0.15, -0.1) is 0 Å². The Bertz CT molecular complexity index is 927. The third-order valence-corrected chi connectivity index (χ3v) is 4.02. The fourth-order valence-corrected chi connectivity index (χ4v) is 2.91. The maximum Gasteiger partial charge on any atom is 0.258 e. The van der Waals surface area contributed by atoms with Crippen LogP contribution in [0.25, 0.3) is 11.4 Å². The van der Waals surface area contributed by atoms with Gasteiger partial charge in [-0.1, -0.05) is 12.1 Å². The summed E-state index contributed by atoms with van der Waals surface area (Å²) in [5.74, 6) is 0.392. The van der Waals surface area contributed by atoms with Crippen LogP contribution in [0.3, 0.4) is 0 Å². The normalized spacial score (nSPS) is 16.2. The summed E-state index contributed by atoms with van der Waals surface area (Å²) in [6, 6.07) is 11.3. The smallest absolute Gasteiger partial charge is 0.258 e. The highest BCUT2D eigenvalue weighted by atomic mass is 19.1. The topological polar surface area (TPSA) is 71.1 Å². The number of amides is 1. The van der Waals surface area contributed by atoms with E-state index in [4.69, 9.17) is 4.74 Å². The van der Waals surface area contributed by atoms with E-state index >= 15 is 0 Å². The van der Waals surface area contributed by atoms with Crippen LogP contribution in [0.1, 0.15) is 17.3 Å². The zero-order valence-corrected chi connectivity index (χ0v) is 13.4. The number of carbonyl (C=O) groups excluding carboxylic acids is 1. The number of carbonyl (C=O) groups is 1. The molecule has 1 aliphatic rings. The van der Waals surface area contributed by atoms with Gasteiger partial charge in [0, 0.05) is 17.2 Å². The summed E-state index contributed by atoms with van der Waals surface area (Å²) >= 11 is 0. The van der Waals surface area contributed by atoms with Crippen molar-refractivity contribution in [2.45, 2.75) is 13.0 Å². The number of nitrogens with zero attached hydrogens (tertiary/aromatic N) is 3. The van der Waals surface area contributed by atoms with Crippen molar-refractivity contribution in [2.75, 3.05) is 11.4 Å². The van der Waals surface area contributed by atoms with Crippen LogP contribution < -0.4 is 9.64 Å². The molecule has 126 valence electrons. The third-order valence-electron chi connectivity index (χ3n) is 4.02. The summed E-state index contributed by atoms with van der Waals surface area (Å²) in [6.07, 6.45) is 1.19. The minimum atomic E-state index is -0.396. The lowest BCUT2D eigenvalue weighted by atomic mass is 10.1. The molecule has 0 fully saturated rings. The minimum absolute atomic E-state index is 0.177. The van der Waals surface area contributed by atoms with Crippen LogP contribution in [-0.4, -0.2) is 33.7 Å². The number of halogens is 1. The third kappa shape index (κ3) is 2.84. The van der Waals surface area contributed by atoms with E-state index in [0.717, 1.165) is 5.56 Å². The van der Waals surface area contributed by atoms with Crippen molar-refractivity contribution in [1.82, 2.24) is 15.2 Å². The van der Waals surface area contributed by atoms with Crippen molar-refractivity contribution in [1.29, 1.82) is 0 Å². The van der Waals surface area contributed by atoms with Crippen molar-refractivity contribution in [2.24, 2.45) is 0 Å². The number of nitrogens with one attached hydrogen (secondary N) is 1. The second-order valence-electron chi connectivity index (χ2n) is 5.87. The summed E-state index contributed by atoms with van der Waals surface area (Å²) < 4.78 is 19.1. The maximum absolute atomic E-state index is 13.5. The maximum atomic E-state index is 13.5. The first-order valence-corrected chi connectivity index (χ1v) is 7.85. The summed E-state index contributed by atoms with van der Waals surface area (Å²) in [5.41, 5.74) is 1.84. The Labute approximate surface area is 143 Å². The number of aromatic amines is 1. The molecule has 3 aromatic rings. The van der Waals surface area contributed by atoms with Gasteiger partial charge in [-0.3, -0.25) is 9.89 Å². The van der Waals surface area contributed by atoms with Crippen LogP contribution >= 0.6 is 0 Å². The Morgan fingerprint density at radius 1 is 1.32 bits per heavy atom. The van der Waals surface area contributed by atoms with E-state index in [2.05, 4.69) is 15.2 Å². The molecule has 2 aromatic carbocycles. The van der Waals surface area contributed by atoms with Gasteiger partial charge >= 0.3 is 0 Å². The van der Waals surface area contributed by atoms with Gasteiger partial charge in [-0.05, 0) is 31.2 Å². The van der Waals surface area contributed by atoms with E-state index < -0.39 is 5.82 Å². The molecule has 0 saturated carbocycles. The Morgan fingerprint density at radius 3 is 3.00 bits per heavy atom. The molecule has 0 aliphatic carbocycles. The molecule has 0 unspecified atom stereocenters. The molecule has 0 bridgehead atoms. The number of anilines is 1. The zero-order valence-electron chi connectivity index (χ0n) is 13.4. The second-order valence-corrected chi connectivity index (χ2v) is 5.87. The highest BCUT2D eigenvalue weighted by Gasteiger charge is 2.28. The summed E-state index contributed by atoms with van der Waals surface area (Å²) in [5, 5.41) is 6.61. The lowest BCUT2D eigenvalue weighted by Gasteiger charge is -2.33. The molecule has 1 aliphatic heterocycles. The number of H-pyrrole nitrogens is 1. The predicted molar refractivity (Wildman–Crippen MR) is 90.0 cm³/mol. The van der Waals surface area contributed by atoms with Gasteiger partial charge < -0.3 is 9.64 Å². The summed E-state index contributed by atoms with van der Waals surface area (Å²) in [6.45, 7) is 2.24. The average molecular weight is 338 g/mol. The van der Waals surface area contributed by atoms with Crippen molar-refractivity contribution in [3.63, 3.8) is 0 Å². The molecule has 6 nitrogen and oxygen atoms in total. The van der Waals surface area contributed by atoms with Crippen LogP contribution in [0.5, 0.6) is 5.75 Å². The molecule has 7 heteroatoms. The lowest BCUT2D eigenvalue weighted by Crippen LogP contribution is -2.42. The Kier molecular flexibility index (Phi) is 3.68. The largest absolute Gasteiger partial charge is 0.487 e. The molecule has 1 aromatic heterocycles. The van der Waals surface area contributed by atoms with Gasteiger partial charge in [-0.25, -0.2) is 9.37 Å². The van der Waals surface area contributed by atoms with E-state index in [1.54, 1.807) is 29.2 Å². The SMILES string of the molecule is C[C@H]1CN(C(=O)c2cccc(-c3ncn[nH]3)c2)c2ccc(F)cc2O1. The lowest BCUT2D eigenvalue weighted by molar-refractivity contribution is 0.0961. The van der Waals surface area contributed by atoms with Crippen LogP contribution in [-0.2, 0) is 0 Å². The van der Waals surface area contributed by atoms with Crippen LogP contribution in [0, 0.1) is 5.82 Å². The number of aromatic nitrogens is 3. The molecule has 2 heterocycles. The van der Waals surface area contributed by atoms with Crippen LogP contribution in [0.2, 0.25) is 0 Å². The number of rotatable bonds is 2. The van der Waals surface area contributed by atoms with Gasteiger partial charge in [-0.2, -0.15) is 5.10 Å². The molecular weight excluding hydrogens is 323 g/mol. The number of ether oxygens (including phenoxy) is 1. The van der Waals surface area contributed by atoms with E-state index in [-0.39, 0.29) is 12.0 Å².